The Kier molecular flexibility index (Phi) is 6.72. The fraction of sp³-hybridized carbons (Fsp3) is 0.0690. The molecule has 0 radical (unpaired) electrons. The number of ether oxygens (including phenoxy) is 2. The van der Waals surface area contributed by atoms with E-state index in [4.69, 9.17) is 9.72 Å². The lowest BCUT2D eigenvalue weighted by Crippen LogP contribution is -2.21. The number of alkyl halides is 2. The average Bonchev–Trinajstić information content (AvgIpc) is 2.91. The van der Waals surface area contributed by atoms with Crippen LogP contribution in [0.25, 0.3) is 32.9 Å². The fourth-order valence-electron chi connectivity index (χ4n) is 4.06. The van der Waals surface area contributed by atoms with Crippen molar-refractivity contribution in [2.24, 2.45) is 0 Å². The van der Waals surface area contributed by atoms with Gasteiger partial charge in [0.1, 0.15) is 5.75 Å². The SMILES string of the molecule is O=C(COC(=O)c1cc(-c2cccc3ccccc23)nc2ccccc12)Nc1ccc(OC(F)F)cc1. The molecule has 0 saturated carbocycles. The molecular weight excluding hydrogens is 478 g/mol. The van der Waals surface area contributed by atoms with Crippen LogP contribution in [0.4, 0.5) is 14.5 Å². The molecule has 0 bridgehead atoms. The van der Waals surface area contributed by atoms with E-state index >= 15 is 0 Å². The van der Waals surface area contributed by atoms with Crippen molar-refractivity contribution in [2.45, 2.75) is 6.61 Å². The fourth-order valence-corrected chi connectivity index (χ4v) is 4.06. The molecule has 37 heavy (non-hydrogen) atoms. The summed E-state index contributed by atoms with van der Waals surface area (Å²) in [4.78, 5) is 30.2. The molecule has 5 aromatic rings. The van der Waals surface area contributed by atoms with Crippen LogP contribution in [0, 0.1) is 0 Å². The van der Waals surface area contributed by atoms with Crippen molar-refractivity contribution >= 4 is 39.2 Å². The van der Waals surface area contributed by atoms with Crippen LogP contribution >= 0.6 is 0 Å². The number of carbonyl (C=O) groups excluding carboxylic acids is 2. The zero-order chi connectivity index (χ0) is 25.8. The summed E-state index contributed by atoms with van der Waals surface area (Å²) in [5.41, 5.74) is 2.73. The van der Waals surface area contributed by atoms with Gasteiger partial charge in [0.25, 0.3) is 5.91 Å². The van der Waals surface area contributed by atoms with E-state index in [9.17, 15) is 18.4 Å². The highest BCUT2D eigenvalue weighted by Gasteiger charge is 2.17. The summed E-state index contributed by atoms with van der Waals surface area (Å²) in [6, 6.07) is 28.1. The van der Waals surface area contributed by atoms with Gasteiger partial charge >= 0.3 is 12.6 Å². The number of hydrogen-bond acceptors (Lipinski definition) is 5. The standard InChI is InChI=1S/C29H20F2N2O4/c30-29(31)37-20-14-12-19(13-15-20)32-27(34)17-36-28(35)24-16-26(33-25-11-4-3-9-23(24)25)22-10-5-7-18-6-1-2-8-21(18)22/h1-16,29H,17H2,(H,32,34). The lowest BCUT2D eigenvalue weighted by atomic mass is 9.99. The second-order valence-corrected chi connectivity index (χ2v) is 8.13. The predicted molar refractivity (Wildman–Crippen MR) is 137 cm³/mol. The van der Waals surface area contributed by atoms with E-state index in [-0.39, 0.29) is 11.3 Å². The van der Waals surface area contributed by atoms with Crippen LogP contribution in [0.5, 0.6) is 5.75 Å². The Hall–Kier alpha value is -4.85. The molecule has 0 unspecified atom stereocenters. The molecule has 1 amide bonds. The summed E-state index contributed by atoms with van der Waals surface area (Å²) in [6.07, 6.45) is 0. The van der Waals surface area contributed by atoms with Crippen LogP contribution in [-0.4, -0.2) is 30.1 Å². The van der Waals surface area contributed by atoms with E-state index in [0.29, 0.717) is 22.3 Å². The molecule has 5 rings (SSSR count). The summed E-state index contributed by atoms with van der Waals surface area (Å²) >= 11 is 0. The Morgan fingerprint density at radius 1 is 0.838 bits per heavy atom. The van der Waals surface area contributed by atoms with Gasteiger partial charge in [0, 0.05) is 16.6 Å². The first-order valence-electron chi connectivity index (χ1n) is 11.4. The molecular formula is C29H20F2N2O4. The maximum atomic E-state index is 13.1. The van der Waals surface area contributed by atoms with Gasteiger partial charge in [-0.2, -0.15) is 8.78 Å². The zero-order valence-electron chi connectivity index (χ0n) is 19.4. The Morgan fingerprint density at radius 2 is 1.54 bits per heavy atom. The van der Waals surface area contributed by atoms with Crippen molar-refractivity contribution in [3.8, 4) is 17.0 Å². The molecule has 1 N–H and O–H groups in total. The van der Waals surface area contributed by atoms with Crippen molar-refractivity contribution in [1.29, 1.82) is 0 Å². The maximum Gasteiger partial charge on any atom is 0.387 e. The third-order valence-corrected chi connectivity index (χ3v) is 5.70. The maximum absolute atomic E-state index is 13.1. The summed E-state index contributed by atoms with van der Waals surface area (Å²) in [5.74, 6) is -1.29. The van der Waals surface area contributed by atoms with E-state index in [1.807, 2.05) is 54.6 Å². The van der Waals surface area contributed by atoms with Crippen molar-refractivity contribution in [3.63, 3.8) is 0 Å². The van der Waals surface area contributed by atoms with Gasteiger partial charge in [-0.3, -0.25) is 4.79 Å². The number of nitrogens with one attached hydrogen (secondary N) is 1. The molecule has 0 saturated heterocycles. The molecule has 4 aromatic carbocycles. The zero-order valence-corrected chi connectivity index (χ0v) is 19.4. The molecule has 0 aliphatic rings. The van der Waals surface area contributed by atoms with E-state index < -0.39 is 25.1 Å². The Balaban J connectivity index is 1.36. The molecule has 0 aliphatic heterocycles. The molecule has 0 atom stereocenters. The van der Waals surface area contributed by atoms with E-state index in [0.717, 1.165) is 16.3 Å². The van der Waals surface area contributed by atoms with Gasteiger partial charge in [-0.25, -0.2) is 9.78 Å². The highest BCUT2D eigenvalue weighted by Crippen LogP contribution is 2.30. The summed E-state index contributed by atoms with van der Waals surface area (Å²) in [7, 11) is 0. The van der Waals surface area contributed by atoms with Crippen molar-refractivity contribution < 1.29 is 27.8 Å². The minimum absolute atomic E-state index is 0.0361. The topological polar surface area (TPSA) is 77.5 Å². The summed E-state index contributed by atoms with van der Waals surface area (Å²) in [6.45, 7) is -3.47. The van der Waals surface area contributed by atoms with Gasteiger partial charge in [0.05, 0.1) is 16.8 Å². The van der Waals surface area contributed by atoms with Gasteiger partial charge in [-0.15, -0.1) is 0 Å². The normalized spacial score (nSPS) is 11.0. The van der Waals surface area contributed by atoms with Crippen LogP contribution in [0.1, 0.15) is 10.4 Å². The number of para-hydroxylation sites is 1. The molecule has 1 aromatic heterocycles. The largest absolute Gasteiger partial charge is 0.452 e. The number of halogens is 2. The van der Waals surface area contributed by atoms with Crippen molar-refractivity contribution in [1.82, 2.24) is 4.98 Å². The summed E-state index contributed by atoms with van der Waals surface area (Å²) in [5, 5.41) is 5.20. The number of rotatable bonds is 7. The second-order valence-electron chi connectivity index (χ2n) is 8.13. The first kappa shape index (κ1) is 23.9. The Labute approximate surface area is 210 Å². The van der Waals surface area contributed by atoms with Crippen LogP contribution < -0.4 is 10.1 Å². The predicted octanol–water partition coefficient (Wildman–Crippen LogP) is 6.45. The average molecular weight is 498 g/mol. The van der Waals surface area contributed by atoms with E-state index in [1.165, 1.54) is 24.3 Å². The third kappa shape index (κ3) is 5.38. The number of aromatic nitrogens is 1. The van der Waals surface area contributed by atoms with E-state index in [2.05, 4.69) is 10.1 Å². The van der Waals surface area contributed by atoms with Gasteiger partial charge < -0.3 is 14.8 Å². The van der Waals surface area contributed by atoms with Crippen LogP contribution in [0.15, 0.2) is 97.1 Å². The molecule has 1 heterocycles. The number of carbonyl (C=O) groups is 2. The highest BCUT2D eigenvalue weighted by atomic mass is 19.3. The first-order valence-corrected chi connectivity index (χ1v) is 11.4. The lowest BCUT2D eigenvalue weighted by molar-refractivity contribution is -0.119. The highest BCUT2D eigenvalue weighted by molar-refractivity contribution is 6.07. The molecule has 8 heteroatoms. The lowest BCUT2D eigenvalue weighted by Gasteiger charge is -2.12. The smallest absolute Gasteiger partial charge is 0.387 e. The second kappa shape index (κ2) is 10.4. The summed E-state index contributed by atoms with van der Waals surface area (Å²) < 4.78 is 34.2. The first-order chi connectivity index (χ1) is 18.0. The Bertz CT molecular complexity index is 1600. The number of benzene rings is 4. The minimum Gasteiger partial charge on any atom is -0.452 e. The number of hydrogen-bond donors (Lipinski definition) is 1. The number of esters is 1. The minimum atomic E-state index is -2.94. The number of pyridine rings is 1. The van der Waals surface area contributed by atoms with Crippen molar-refractivity contribution in [2.75, 3.05) is 11.9 Å². The van der Waals surface area contributed by atoms with Crippen LogP contribution in [0.3, 0.4) is 0 Å². The monoisotopic (exact) mass is 498 g/mol. The number of nitrogens with zero attached hydrogens (tertiary/aromatic N) is 1. The van der Waals surface area contributed by atoms with Crippen LogP contribution in [0.2, 0.25) is 0 Å². The van der Waals surface area contributed by atoms with Gasteiger partial charge in [-0.1, -0.05) is 60.7 Å². The quantitative estimate of drug-likeness (QED) is 0.261. The van der Waals surface area contributed by atoms with Gasteiger partial charge in [0.15, 0.2) is 6.61 Å². The molecule has 184 valence electrons. The van der Waals surface area contributed by atoms with Gasteiger partial charge in [-0.05, 0) is 47.2 Å². The molecule has 0 spiro atoms. The molecule has 6 nitrogen and oxygen atoms in total. The van der Waals surface area contributed by atoms with Crippen molar-refractivity contribution in [3.05, 3.63) is 103 Å². The number of anilines is 1. The Morgan fingerprint density at radius 3 is 2.32 bits per heavy atom. The van der Waals surface area contributed by atoms with Gasteiger partial charge in [0.2, 0.25) is 0 Å². The number of fused-ring (bicyclic) bond motifs is 2. The molecule has 0 aliphatic carbocycles. The molecule has 0 fully saturated rings. The van der Waals surface area contributed by atoms with E-state index in [1.54, 1.807) is 18.2 Å². The number of amides is 1. The third-order valence-electron chi connectivity index (χ3n) is 5.70. The van der Waals surface area contributed by atoms with Crippen LogP contribution in [-0.2, 0) is 9.53 Å².